The first-order valence-corrected chi connectivity index (χ1v) is 5.16. The van der Waals surface area contributed by atoms with Crippen LogP contribution in [0.4, 0.5) is 48.3 Å². The maximum Gasteiger partial charge on any atom is 0.433 e. The highest BCUT2D eigenvalue weighted by molar-refractivity contribution is 14.1. The van der Waals surface area contributed by atoms with Crippen LogP contribution in [-0.4, -0.2) is 34.0 Å². The average Bonchev–Trinajstić information content (AvgIpc) is 2.63. The van der Waals surface area contributed by atoms with Gasteiger partial charge >= 0.3 is 34.0 Å². The number of alkyl halides is 12. The summed E-state index contributed by atoms with van der Waals surface area (Å²) in [4.78, 5) is 0. The SMILES string of the molecule is FC(F)(I)C(F)(F)OC(F)(F)C(F)(F)C1(F)OC1(F)F. The van der Waals surface area contributed by atoms with Gasteiger partial charge in [-0.05, 0) is 0 Å². The summed E-state index contributed by atoms with van der Waals surface area (Å²) < 4.78 is 136. The molecule has 14 heteroatoms. The summed E-state index contributed by atoms with van der Waals surface area (Å²) >= 11 is -0.429. The number of hydrogen-bond acceptors (Lipinski definition) is 2. The van der Waals surface area contributed by atoms with E-state index >= 15 is 0 Å². The molecule has 0 aromatic rings. The van der Waals surface area contributed by atoms with E-state index in [1.165, 1.54) is 0 Å². The van der Waals surface area contributed by atoms with Crippen molar-refractivity contribution in [1.82, 2.24) is 0 Å². The lowest BCUT2D eigenvalue weighted by Crippen LogP contribution is -2.57. The molecule has 2 nitrogen and oxygen atoms in total. The third-order valence-electron chi connectivity index (χ3n) is 1.96. The second-order valence-corrected chi connectivity index (χ2v) is 4.78. The standard InChI is InChI=1S/C6F11IO2/c7-1(8,2(9)5(14,15)19-2)4(12,13)20-6(16,17)3(10,11)18. The van der Waals surface area contributed by atoms with Crippen LogP contribution in [0.1, 0.15) is 0 Å². The smallest absolute Gasteiger partial charge is 0.265 e. The van der Waals surface area contributed by atoms with Gasteiger partial charge in [0.2, 0.25) is 0 Å². The fourth-order valence-corrected chi connectivity index (χ4v) is 0.978. The van der Waals surface area contributed by atoms with Gasteiger partial charge in [0.1, 0.15) is 0 Å². The van der Waals surface area contributed by atoms with Crippen LogP contribution in [0.15, 0.2) is 0 Å². The molecular formula is C6F11IO2. The number of epoxide rings is 1. The van der Waals surface area contributed by atoms with Crippen LogP contribution in [0.25, 0.3) is 0 Å². The number of ether oxygens (including phenoxy) is 2. The topological polar surface area (TPSA) is 21.8 Å². The van der Waals surface area contributed by atoms with Gasteiger partial charge in [-0.15, -0.1) is 0 Å². The van der Waals surface area contributed by atoms with E-state index in [0.717, 1.165) is 0 Å². The molecular weight excluding hydrogens is 440 g/mol. The lowest BCUT2D eigenvalue weighted by molar-refractivity contribution is -0.465. The van der Waals surface area contributed by atoms with Gasteiger partial charge in [0.05, 0.1) is 0 Å². The summed E-state index contributed by atoms with van der Waals surface area (Å²) in [6.07, 6.45) is -18.3. The van der Waals surface area contributed by atoms with Crippen molar-refractivity contribution in [3.8, 4) is 0 Å². The lowest BCUT2D eigenvalue weighted by Gasteiger charge is -2.31. The first-order chi connectivity index (χ1) is 8.41. The van der Waals surface area contributed by atoms with Gasteiger partial charge in [-0.3, -0.25) is 4.74 Å². The molecule has 0 radical (unpaired) electrons. The fraction of sp³-hybridized carbons (Fsp3) is 1.00. The van der Waals surface area contributed by atoms with Crippen molar-refractivity contribution in [3.63, 3.8) is 0 Å². The highest BCUT2D eigenvalue weighted by atomic mass is 127. The average molecular weight is 440 g/mol. The summed E-state index contributed by atoms with van der Waals surface area (Å²) in [6, 6.07) is 0. The Morgan fingerprint density at radius 3 is 1.40 bits per heavy atom. The number of hydrogen-bond donors (Lipinski definition) is 0. The molecule has 0 aliphatic carbocycles. The second kappa shape index (κ2) is 4.21. The van der Waals surface area contributed by atoms with E-state index in [9.17, 15) is 48.3 Å². The van der Waals surface area contributed by atoms with Gasteiger partial charge in [-0.2, -0.15) is 48.3 Å². The molecule has 20 heavy (non-hydrogen) atoms. The molecule has 1 atom stereocenters. The van der Waals surface area contributed by atoms with E-state index in [-0.39, 0.29) is 0 Å². The van der Waals surface area contributed by atoms with Gasteiger partial charge in [0, 0.05) is 22.6 Å². The van der Waals surface area contributed by atoms with Crippen molar-refractivity contribution in [2.24, 2.45) is 0 Å². The van der Waals surface area contributed by atoms with Gasteiger partial charge < -0.3 is 0 Å². The minimum atomic E-state index is -6.71. The molecule has 0 bridgehead atoms. The summed E-state index contributed by atoms with van der Waals surface area (Å²) in [5.41, 5.74) is 0. The quantitative estimate of drug-likeness (QED) is 0.278. The molecule has 1 aliphatic heterocycles. The maximum absolute atomic E-state index is 12.7. The molecule has 120 valence electrons. The van der Waals surface area contributed by atoms with Crippen LogP contribution >= 0.6 is 22.6 Å². The van der Waals surface area contributed by atoms with Gasteiger partial charge in [-0.25, -0.2) is 4.74 Å². The molecule has 0 saturated carbocycles. The molecule has 0 spiro atoms. The molecule has 1 fully saturated rings. The zero-order chi connectivity index (χ0) is 16.4. The Kier molecular flexibility index (Phi) is 3.77. The summed E-state index contributed by atoms with van der Waals surface area (Å²) in [5.74, 6) is -12.3. The highest BCUT2D eigenvalue weighted by Crippen LogP contribution is 2.64. The van der Waals surface area contributed by atoms with Crippen molar-refractivity contribution in [2.45, 2.75) is 34.0 Å². The minimum Gasteiger partial charge on any atom is -0.265 e. The third kappa shape index (κ3) is 2.42. The van der Waals surface area contributed by atoms with Crippen LogP contribution in [0, 0.1) is 0 Å². The predicted molar refractivity (Wildman–Crippen MR) is 44.8 cm³/mol. The molecule has 0 aromatic heterocycles. The number of halogens is 12. The Morgan fingerprint density at radius 2 is 1.15 bits per heavy atom. The Morgan fingerprint density at radius 1 is 0.800 bits per heavy atom. The third-order valence-corrected chi connectivity index (χ3v) is 2.59. The highest BCUT2D eigenvalue weighted by Gasteiger charge is 2.95. The maximum atomic E-state index is 12.7. The van der Waals surface area contributed by atoms with Crippen molar-refractivity contribution in [3.05, 3.63) is 0 Å². The molecule has 0 N–H and O–H groups in total. The molecule has 1 heterocycles. The van der Waals surface area contributed by atoms with Gasteiger partial charge in [0.25, 0.3) is 0 Å². The van der Waals surface area contributed by atoms with E-state index in [4.69, 9.17) is 0 Å². The van der Waals surface area contributed by atoms with Crippen LogP contribution in [-0.2, 0) is 9.47 Å². The Hall–Kier alpha value is -0.120. The summed E-state index contributed by atoms with van der Waals surface area (Å²) in [6.45, 7) is 0. The van der Waals surface area contributed by atoms with Crippen molar-refractivity contribution in [2.75, 3.05) is 0 Å². The molecule has 1 unspecified atom stereocenters. The largest absolute Gasteiger partial charge is 0.433 e. The van der Waals surface area contributed by atoms with E-state index in [0.29, 0.717) is 0 Å². The predicted octanol–water partition coefficient (Wildman–Crippen LogP) is 4.14. The molecule has 0 aromatic carbocycles. The summed E-state index contributed by atoms with van der Waals surface area (Å²) in [5, 5.41) is 0. The van der Waals surface area contributed by atoms with Crippen LogP contribution in [0.5, 0.6) is 0 Å². The zero-order valence-electron chi connectivity index (χ0n) is 8.35. The monoisotopic (exact) mass is 440 g/mol. The Labute approximate surface area is 115 Å². The zero-order valence-corrected chi connectivity index (χ0v) is 10.5. The molecule has 1 rings (SSSR count). The van der Waals surface area contributed by atoms with Crippen molar-refractivity contribution < 1.29 is 57.8 Å². The first-order valence-electron chi connectivity index (χ1n) is 4.08. The lowest BCUT2D eigenvalue weighted by atomic mass is 10.2. The molecule has 0 amide bonds. The normalized spacial score (nSPS) is 27.6. The first kappa shape index (κ1) is 17.9. The molecule has 1 aliphatic rings. The Balaban J connectivity index is 3.06. The second-order valence-electron chi connectivity index (χ2n) is 3.42. The van der Waals surface area contributed by atoms with E-state index in [2.05, 4.69) is 4.74 Å². The number of rotatable bonds is 5. The van der Waals surface area contributed by atoms with Crippen molar-refractivity contribution in [1.29, 1.82) is 0 Å². The van der Waals surface area contributed by atoms with Crippen LogP contribution in [0.3, 0.4) is 0 Å². The fourth-order valence-electron chi connectivity index (χ4n) is 0.868. The van der Waals surface area contributed by atoms with E-state index in [1.807, 2.05) is 4.74 Å². The van der Waals surface area contributed by atoms with Crippen LogP contribution in [0.2, 0.25) is 0 Å². The van der Waals surface area contributed by atoms with Crippen LogP contribution < -0.4 is 0 Å². The van der Waals surface area contributed by atoms with E-state index in [1.54, 1.807) is 0 Å². The minimum absolute atomic E-state index is 0.429. The molecule has 1 saturated heterocycles. The Bertz CT molecular complexity index is 404. The van der Waals surface area contributed by atoms with E-state index < -0.39 is 56.6 Å². The summed E-state index contributed by atoms with van der Waals surface area (Å²) in [7, 11) is 0. The van der Waals surface area contributed by atoms with Gasteiger partial charge in [-0.1, -0.05) is 0 Å². The van der Waals surface area contributed by atoms with Gasteiger partial charge in [0.15, 0.2) is 0 Å². The van der Waals surface area contributed by atoms with Crippen molar-refractivity contribution >= 4 is 22.6 Å².